The minimum atomic E-state index is 0.354. The molecule has 1 amide bonds. The van der Waals surface area contributed by atoms with Crippen LogP contribution >= 0.6 is 11.8 Å². The van der Waals surface area contributed by atoms with Gasteiger partial charge in [0, 0.05) is 43.6 Å². The Morgan fingerprint density at radius 2 is 2.00 bits per heavy atom. The van der Waals surface area contributed by atoms with E-state index in [1.54, 1.807) is 0 Å². The summed E-state index contributed by atoms with van der Waals surface area (Å²) >= 11 is 1.96. The third-order valence-corrected chi connectivity index (χ3v) is 6.48. The van der Waals surface area contributed by atoms with Gasteiger partial charge in [0.05, 0.1) is 0 Å². The van der Waals surface area contributed by atoms with Crippen LogP contribution in [0.5, 0.6) is 0 Å². The molecule has 24 heavy (non-hydrogen) atoms. The molecule has 1 aromatic rings. The maximum Gasteiger partial charge on any atom is 0.224 e. The highest BCUT2D eigenvalue weighted by atomic mass is 32.2. The summed E-state index contributed by atoms with van der Waals surface area (Å²) in [4.78, 5) is 14.6. The van der Waals surface area contributed by atoms with Gasteiger partial charge in [-0.2, -0.15) is 11.8 Å². The number of nitrogens with one attached hydrogen (secondary N) is 1. The summed E-state index contributed by atoms with van der Waals surface area (Å²) in [6.07, 6.45) is 5.45. The molecule has 132 valence electrons. The van der Waals surface area contributed by atoms with Crippen LogP contribution in [0.15, 0.2) is 24.3 Å². The molecule has 0 radical (unpaired) electrons. The van der Waals surface area contributed by atoms with Gasteiger partial charge >= 0.3 is 0 Å². The van der Waals surface area contributed by atoms with Crippen molar-refractivity contribution in [3.05, 3.63) is 35.4 Å². The van der Waals surface area contributed by atoms with Gasteiger partial charge in [-0.25, -0.2) is 0 Å². The number of thioether (sulfide) groups is 1. The van der Waals surface area contributed by atoms with Crippen molar-refractivity contribution < 1.29 is 4.79 Å². The number of amides is 1. The van der Waals surface area contributed by atoms with Gasteiger partial charge in [0.1, 0.15) is 0 Å². The average molecular weight is 347 g/mol. The Hall–Kier alpha value is -1.00. The van der Waals surface area contributed by atoms with Crippen LogP contribution in [0.1, 0.15) is 36.8 Å². The number of aryl methyl sites for hydroxylation is 2. The molecule has 1 aromatic carbocycles. The van der Waals surface area contributed by atoms with Crippen LogP contribution in [0, 0.1) is 12.8 Å². The number of likely N-dealkylation sites (tertiary alicyclic amines) is 1. The standard InChI is InChI=1S/C20H30N2OS/c1-16-2-4-17(5-3-16)6-7-18-8-11-22(12-9-18)20(23)14-19-15-24-13-10-21-19/h2-5,18-19,21H,6-15H2,1H3. The highest BCUT2D eigenvalue weighted by Crippen LogP contribution is 2.23. The van der Waals surface area contributed by atoms with Crippen LogP contribution < -0.4 is 5.32 Å². The van der Waals surface area contributed by atoms with Gasteiger partial charge in [0.15, 0.2) is 0 Å². The zero-order chi connectivity index (χ0) is 16.8. The second kappa shape index (κ2) is 8.91. The lowest BCUT2D eigenvalue weighted by molar-refractivity contribution is -0.133. The fourth-order valence-corrected chi connectivity index (χ4v) is 4.64. The molecule has 0 saturated carbocycles. The minimum Gasteiger partial charge on any atom is -0.343 e. The third kappa shape index (κ3) is 5.25. The lowest BCUT2D eigenvalue weighted by Gasteiger charge is -2.33. The number of carbonyl (C=O) groups is 1. The van der Waals surface area contributed by atoms with Crippen LogP contribution in [0.3, 0.4) is 0 Å². The second-order valence-corrected chi connectivity index (χ2v) is 8.43. The molecular weight excluding hydrogens is 316 g/mol. The van der Waals surface area contributed by atoms with Crippen LogP contribution in [0.2, 0.25) is 0 Å². The van der Waals surface area contributed by atoms with Gasteiger partial charge in [-0.15, -0.1) is 0 Å². The monoisotopic (exact) mass is 346 g/mol. The van der Waals surface area contributed by atoms with E-state index >= 15 is 0 Å². The first-order valence-electron chi connectivity index (χ1n) is 9.35. The van der Waals surface area contributed by atoms with Gasteiger partial charge in [0.2, 0.25) is 5.91 Å². The highest BCUT2D eigenvalue weighted by Gasteiger charge is 2.25. The number of benzene rings is 1. The van der Waals surface area contributed by atoms with Gasteiger partial charge in [-0.05, 0) is 44.1 Å². The summed E-state index contributed by atoms with van der Waals surface area (Å²) in [6, 6.07) is 9.30. The summed E-state index contributed by atoms with van der Waals surface area (Å²) in [5, 5.41) is 3.47. The smallest absolute Gasteiger partial charge is 0.224 e. The van der Waals surface area contributed by atoms with E-state index < -0.39 is 0 Å². The van der Waals surface area contributed by atoms with Crippen molar-refractivity contribution in [2.45, 2.75) is 45.1 Å². The van der Waals surface area contributed by atoms with Crippen molar-refractivity contribution in [3.8, 4) is 0 Å². The van der Waals surface area contributed by atoms with Crippen LogP contribution in [-0.2, 0) is 11.2 Å². The molecule has 2 heterocycles. The molecule has 0 aliphatic carbocycles. The topological polar surface area (TPSA) is 32.3 Å². The molecule has 4 heteroatoms. The predicted octanol–water partition coefficient (Wildman–Crippen LogP) is 3.26. The number of hydrogen-bond acceptors (Lipinski definition) is 3. The maximum atomic E-state index is 12.5. The summed E-state index contributed by atoms with van der Waals surface area (Å²) in [5.74, 6) is 3.39. The van der Waals surface area contributed by atoms with E-state index in [1.165, 1.54) is 42.6 Å². The quantitative estimate of drug-likeness (QED) is 0.888. The van der Waals surface area contributed by atoms with E-state index in [1.807, 2.05) is 11.8 Å². The zero-order valence-corrected chi connectivity index (χ0v) is 15.6. The van der Waals surface area contributed by atoms with E-state index in [9.17, 15) is 4.79 Å². The minimum absolute atomic E-state index is 0.354. The fourth-order valence-electron chi connectivity index (χ4n) is 3.69. The van der Waals surface area contributed by atoms with E-state index in [0.29, 0.717) is 18.4 Å². The van der Waals surface area contributed by atoms with Crippen LogP contribution in [-0.4, -0.2) is 48.0 Å². The number of nitrogens with zero attached hydrogens (tertiary/aromatic N) is 1. The second-order valence-electron chi connectivity index (χ2n) is 7.28. The normalized spacial score (nSPS) is 22.5. The summed E-state index contributed by atoms with van der Waals surface area (Å²) in [7, 11) is 0. The maximum absolute atomic E-state index is 12.5. The predicted molar refractivity (Wildman–Crippen MR) is 103 cm³/mol. The molecule has 3 nitrogen and oxygen atoms in total. The lowest BCUT2D eigenvalue weighted by Crippen LogP contribution is -2.44. The molecular formula is C20H30N2OS. The molecule has 2 saturated heterocycles. The Kier molecular flexibility index (Phi) is 6.61. The SMILES string of the molecule is Cc1ccc(CCC2CCN(C(=O)CC3CSCCN3)CC2)cc1. The van der Waals surface area contributed by atoms with E-state index in [0.717, 1.165) is 31.3 Å². The van der Waals surface area contributed by atoms with E-state index in [-0.39, 0.29) is 0 Å². The molecule has 0 bridgehead atoms. The molecule has 2 aliphatic heterocycles. The largest absolute Gasteiger partial charge is 0.343 e. The van der Waals surface area contributed by atoms with Crippen molar-refractivity contribution in [2.24, 2.45) is 5.92 Å². The number of piperidine rings is 1. The molecule has 2 aliphatic rings. The number of hydrogen-bond donors (Lipinski definition) is 1. The van der Waals surface area contributed by atoms with Crippen molar-refractivity contribution >= 4 is 17.7 Å². The first kappa shape index (κ1) is 17.8. The Morgan fingerprint density at radius 1 is 1.25 bits per heavy atom. The van der Waals surface area contributed by atoms with Gasteiger partial charge in [-0.1, -0.05) is 29.8 Å². The van der Waals surface area contributed by atoms with Crippen LogP contribution in [0.25, 0.3) is 0 Å². The first-order valence-corrected chi connectivity index (χ1v) is 10.5. The van der Waals surface area contributed by atoms with Crippen molar-refractivity contribution in [3.63, 3.8) is 0 Å². The highest BCUT2D eigenvalue weighted by molar-refractivity contribution is 7.99. The average Bonchev–Trinajstić information content (AvgIpc) is 2.62. The number of rotatable bonds is 5. The Morgan fingerprint density at radius 3 is 2.67 bits per heavy atom. The molecule has 1 atom stereocenters. The Balaban J connectivity index is 1.37. The van der Waals surface area contributed by atoms with Crippen molar-refractivity contribution in [1.29, 1.82) is 0 Å². The molecule has 2 fully saturated rings. The third-order valence-electron chi connectivity index (χ3n) is 5.35. The first-order chi connectivity index (χ1) is 11.7. The Bertz CT molecular complexity index is 517. The van der Waals surface area contributed by atoms with Crippen molar-refractivity contribution in [1.82, 2.24) is 10.2 Å². The van der Waals surface area contributed by atoms with Crippen LogP contribution in [0.4, 0.5) is 0 Å². The van der Waals surface area contributed by atoms with Crippen molar-refractivity contribution in [2.75, 3.05) is 31.1 Å². The summed E-state index contributed by atoms with van der Waals surface area (Å²) in [6.45, 7) is 5.09. The number of carbonyl (C=O) groups excluding carboxylic acids is 1. The zero-order valence-electron chi connectivity index (χ0n) is 14.8. The molecule has 3 rings (SSSR count). The molecule has 1 unspecified atom stereocenters. The molecule has 1 N–H and O–H groups in total. The Labute approximate surface area is 150 Å². The van der Waals surface area contributed by atoms with E-state index in [2.05, 4.69) is 41.4 Å². The van der Waals surface area contributed by atoms with Gasteiger partial charge in [-0.3, -0.25) is 4.79 Å². The molecule has 0 spiro atoms. The molecule has 0 aromatic heterocycles. The van der Waals surface area contributed by atoms with E-state index in [4.69, 9.17) is 0 Å². The fraction of sp³-hybridized carbons (Fsp3) is 0.650. The summed E-state index contributed by atoms with van der Waals surface area (Å²) in [5.41, 5.74) is 2.77. The van der Waals surface area contributed by atoms with Gasteiger partial charge < -0.3 is 10.2 Å². The lowest BCUT2D eigenvalue weighted by atomic mass is 9.90. The summed E-state index contributed by atoms with van der Waals surface area (Å²) < 4.78 is 0. The van der Waals surface area contributed by atoms with Gasteiger partial charge in [0.25, 0.3) is 0 Å².